The molecule has 0 spiro atoms. The summed E-state index contributed by atoms with van der Waals surface area (Å²) >= 11 is 6.37. The fourth-order valence-electron chi connectivity index (χ4n) is 4.40. The Balaban J connectivity index is 2.11. The number of carbonyl (C=O) groups excluding carboxylic acids is 2. The Morgan fingerprint density at radius 1 is 1.00 bits per heavy atom. The van der Waals surface area contributed by atoms with Crippen LogP contribution >= 0.6 is 11.6 Å². The van der Waals surface area contributed by atoms with Gasteiger partial charge in [0.1, 0.15) is 18.3 Å². The summed E-state index contributed by atoms with van der Waals surface area (Å²) in [6, 6.07) is 19.2. The number of nitrogens with one attached hydrogen (secondary N) is 1. The Morgan fingerprint density at radius 3 is 2.20 bits per heavy atom. The van der Waals surface area contributed by atoms with Crippen molar-refractivity contribution in [2.45, 2.75) is 64.1 Å². The zero-order valence-corrected chi connectivity index (χ0v) is 25.9. The lowest BCUT2D eigenvalue weighted by molar-refractivity contribution is -0.141. The Morgan fingerprint density at radius 2 is 1.63 bits per heavy atom. The Labute approximate surface area is 248 Å². The summed E-state index contributed by atoms with van der Waals surface area (Å²) in [5.41, 5.74) is 1.47. The molecule has 3 aromatic rings. The van der Waals surface area contributed by atoms with Crippen LogP contribution in [0.25, 0.3) is 0 Å². The maximum atomic E-state index is 14.2. The van der Waals surface area contributed by atoms with Crippen molar-refractivity contribution in [3.63, 3.8) is 0 Å². The van der Waals surface area contributed by atoms with Crippen molar-refractivity contribution < 1.29 is 22.7 Å². The van der Waals surface area contributed by atoms with Crippen molar-refractivity contribution in [3.05, 3.63) is 88.9 Å². The standard InChI is InChI=1S/C31H38ClN3O5S/c1-7-27(30(37)33-31(3,4)5)34(20-23-14-12-11-13-22(23)2)29(36)21-35(24-17-18-28(40-6)26(32)19-24)41(38,39)25-15-9-8-10-16-25/h8-19,27H,7,20-21H2,1-6H3,(H,33,37)/t27-/m1/s1. The molecule has 8 nitrogen and oxygen atoms in total. The van der Waals surface area contributed by atoms with Crippen molar-refractivity contribution in [3.8, 4) is 5.75 Å². The summed E-state index contributed by atoms with van der Waals surface area (Å²) in [7, 11) is -2.74. The van der Waals surface area contributed by atoms with Gasteiger partial charge in [-0.3, -0.25) is 13.9 Å². The van der Waals surface area contributed by atoms with Crippen LogP contribution in [-0.4, -0.2) is 50.4 Å². The smallest absolute Gasteiger partial charge is 0.264 e. The number of aryl methyl sites for hydroxylation is 1. The van der Waals surface area contributed by atoms with E-state index in [0.29, 0.717) is 12.2 Å². The second-order valence-corrected chi connectivity index (χ2v) is 13.0. The molecule has 0 aliphatic carbocycles. The summed E-state index contributed by atoms with van der Waals surface area (Å²) in [5.74, 6) is -0.479. The van der Waals surface area contributed by atoms with Gasteiger partial charge in [-0.1, -0.05) is 61.0 Å². The van der Waals surface area contributed by atoms with Crippen molar-refractivity contribution in [1.29, 1.82) is 0 Å². The van der Waals surface area contributed by atoms with Gasteiger partial charge in [0.25, 0.3) is 10.0 Å². The first-order valence-electron chi connectivity index (χ1n) is 13.4. The maximum Gasteiger partial charge on any atom is 0.264 e. The van der Waals surface area contributed by atoms with E-state index in [1.54, 1.807) is 24.3 Å². The molecule has 2 amide bonds. The number of nitrogens with zero attached hydrogens (tertiary/aromatic N) is 2. The van der Waals surface area contributed by atoms with Gasteiger partial charge in [-0.15, -0.1) is 0 Å². The van der Waals surface area contributed by atoms with Crippen LogP contribution < -0.4 is 14.4 Å². The molecule has 1 atom stereocenters. The fraction of sp³-hybridized carbons (Fsp3) is 0.355. The highest BCUT2D eigenvalue weighted by Crippen LogP contribution is 2.32. The van der Waals surface area contributed by atoms with Crippen LogP contribution in [0.1, 0.15) is 45.2 Å². The largest absolute Gasteiger partial charge is 0.495 e. The number of sulfonamides is 1. The molecule has 0 heterocycles. The minimum atomic E-state index is -4.20. The Hall–Kier alpha value is -3.56. The zero-order valence-electron chi connectivity index (χ0n) is 24.3. The summed E-state index contributed by atoms with van der Waals surface area (Å²) in [6.45, 7) is 8.94. The number of hydrogen-bond acceptors (Lipinski definition) is 5. The fourth-order valence-corrected chi connectivity index (χ4v) is 6.08. The third-order valence-corrected chi connectivity index (χ3v) is 8.60. The van der Waals surface area contributed by atoms with E-state index in [1.165, 1.54) is 36.3 Å². The van der Waals surface area contributed by atoms with E-state index in [-0.39, 0.29) is 28.1 Å². The Bertz CT molecular complexity index is 1470. The van der Waals surface area contributed by atoms with Crippen LogP contribution in [0, 0.1) is 6.92 Å². The monoisotopic (exact) mass is 599 g/mol. The van der Waals surface area contributed by atoms with Gasteiger partial charge in [0.15, 0.2) is 0 Å². The number of methoxy groups -OCH3 is 1. The van der Waals surface area contributed by atoms with E-state index >= 15 is 0 Å². The van der Waals surface area contributed by atoms with Gasteiger partial charge in [-0.2, -0.15) is 0 Å². The normalized spacial score (nSPS) is 12.4. The summed E-state index contributed by atoms with van der Waals surface area (Å²) in [4.78, 5) is 29.1. The molecule has 0 bridgehead atoms. The number of halogens is 1. The first-order valence-corrected chi connectivity index (χ1v) is 15.2. The van der Waals surface area contributed by atoms with Gasteiger partial charge in [0.05, 0.1) is 22.7 Å². The SMILES string of the molecule is CC[C@H](C(=O)NC(C)(C)C)N(Cc1ccccc1C)C(=O)CN(c1ccc(OC)c(Cl)c1)S(=O)(=O)c1ccccc1. The van der Waals surface area contributed by atoms with Crippen molar-refractivity contribution in [2.24, 2.45) is 0 Å². The van der Waals surface area contributed by atoms with Crippen molar-refractivity contribution >= 4 is 39.1 Å². The van der Waals surface area contributed by atoms with Gasteiger partial charge in [-0.25, -0.2) is 8.42 Å². The predicted molar refractivity (Wildman–Crippen MR) is 163 cm³/mol. The minimum absolute atomic E-state index is 0.0164. The highest BCUT2D eigenvalue weighted by atomic mass is 35.5. The van der Waals surface area contributed by atoms with E-state index < -0.39 is 34.1 Å². The molecule has 3 aromatic carbocycles. The molecule has 0 saturated heterocycles. The van der Waals surface area contributed by atoms with Crippen LogP contribution in [0.5, 0.6) is 5.75 Å². The second kappa shape index (κ2) is 13.4. The maximum absolute atomic E-state index is 14.2. The molecule has 0 saturated carbocycles. The van der Waals surface area contributed by atoms with Gasteiger partial charge in [0, 0.05) is 12.1 Å². The summed E-state index contributed by atoms with van der Waals surface area (Å²) in [6.07, 6.45) is 0.333. The third kappa shape index (κ3) is 8.01. The minimum Gasteiger partial charge on any atom is -0.495 e. The molecule has 41 heavy (non-hydrogen) atoms. The lowest BCUT2D eigenvalue weighted by atomic mass is 10.0. The van der Waals surface area contributed by atoms with Crippen LogP contribution in [0.15, 0.2) is 77.7 Å². The number of amides is 2. The summed E-state index contributed by atoms with van der Waals surface area (Å²) in [5, 5.41) is 3.16. The van der Waals surface area contributed by atoms with Gasteiger partial charge >= 0.3 is 0 Å². The number of anilines is 1. The average molecular weight is 600 g/mol. The van der Waals surface area contributed by atoms with E-state index in [0.717, 1.165) is 15.4 Å². The van der Waals surface area contributed by atoms with E-state index in [9.17, 15) is 18.0 Å². The molecule has 0 radical (unpaired) electrons. The summed E-state index contributed by atoms with van der Waals surface area (Å²) < 4.78 is 34.1. The highest BCUT2D eigenvalue weighted by Gasteiger charge is 2.35. The van der Waals surface area contributed by atoms with E-state index in [2.05, 4.69) is 5.32 Å². The van der Waals surface area contributed by atoms with Crippen molar-refractivity contribution in [1.82, 2.24) is 10.2 Å². The van der Waals surface area contributed by atoms with Crippen molar-refractivity contribution in [2.75, 3.05) is 18.0 Å². The molecule has 0 aromatic heterocycles. The number of rotatable bonds is 11. The molecule has 220 valence electrons. The first-order chi connectivity index (χ1) is 19.3. The average Bonchev–Trinajstić information content (AvgIpc) is 2.92. The van der Waals surface area contributed by atoms with Gasteiger partial charge in [0.2, 0.25) is 11.8 Å². The molecule has 10 heteroatoms. The molecular formula is C31H38ClN3O5S. The molecule has 0 fully saturated rings. The van der Waals surface area contributed by atoms with Gasteiger partial charge in [-0.05, 0) is 75.6 Å². The number of carbonyl (C=O) groups is 2. The van der Waals surface area contributed by atoms with Crippen LogP contribution in [-0.2, 0) is 26.2 Å². The molecular weight excluding hydrogens is 562 g/mol. The van der Waals surface area contributed by atoms with E-state index in [1.807, 2.05) is 58.9 Å². The molecule has 0 aliphatic rings. The lowest BCUT2D eigenvalue weighted by Gasteiger charge is -2.35. The topological polar surface area (TPSA) is 96.0 Å². The van der Waals surface area contributed by atoms with Gasteiger partial charge < -0.3 is 15.0 Å². The third-order valence-electron chi connectivity index (χ3n) is 6.52. The first kappa shape index (κ1) is 32.0. The van der Waals surface area contributed by atoms with Crippen LogP contribution in [0.4, 0.5) is 5.69 Å². The zero-order chi connectivity index (χ0) is 30.4. The molecule has 3 rings (SSSR count). The number of ether oxygens (including phenoxy) is 1. The number of hydrogen-bond donors (Lipinski definition) is 1. The molecule has 0 unspecified atom stereocenters. The molecule has 1 N–H and O–H groups in total. The Kier molecular flexibility index (Phi) is 10.4. The predicted octanol–water partition coefficient (Wildman–Crippen LogP) is 5.57. The van der Waals surface area contributed by atoms with E-state index in [4.69, 9.17) is 16.3 Å². The lowest BCUT2D eigenvalue weighted by Crippen LogP contribution is -2.55. The second-order valence-electron chi connectivity index (χ2n) is 10.8. The van der Waals surface area contributed by atoms with Crippen LogP contribution in [0.3, 0.4) is 0 Å². The highest BCUT2D eigenvalue weighted by molar-refractivity contribution is 7.92. The quantitative estimate of drug-likeness (QED) is 0.311. The molecule has 0 aliphatic heterocycles. The number of benzene rings is 3. The van der Waals surface area contributed by atoms with Crippen LogP contribution in [0.2, 0.25) is 5.02 Å².